The summed E-state index contributed by atoms with van der Waals surface area (Å²) in [5.41, 5.74) is 4.47. The average Bonchev–Trinajstić information content (AvgIpc) is 2.57. The minimum Gasteiger partial charge on any atom is -0.483 e. The van der Waals surface area contributed by atoms with Gasteiger partial charge in [-0.15, -0.1) is 0 Å². The molecule has 0 N–H and O–H groups in total. The van der Waals surface area contributed by atoms with E-state index in [1.807, 2.05) is 62.1 Å². The van der Waals surface area contributed by atoms with Crippen LogP contribution in [0.3, 0.4) is 0 Å². The van der Waals surface area contributed by atoms with Gasteiger partial charge in [0.2, 0.25) is 0 Å². The molecule has 3 nitrogen and oxygen atoms in total. The molecule has 0 fully saturated rings. The molecular formula is C20H25NO2. The molecule has 0 aliphatic carbocycles. The Morgan fingerprint density at radius 2 is 1.65 bits per heavy atom. The van der Waals surface area contributed by atoms with Gasteiger partial charge in [0, 0.05) is 13.1 Å². The number of likely N-dealkylation sites (N-methyl/N-ethyl adjacent to an activating group) is 1. The summed E-state index contributed by atoms with van der Waals surface area (Å²) >= 11 is 0. The van der Waals surface area contributed by atoms with Gasteiger partial charge in [-0.1, -0.05) is 42.5 Å². The quantitative estimate of drug-likeness (QED) is 0.806. The van der Waals surface area contributed by atoms with Gasteiger partial charge in [-0.3, -0.25) is 4.79 Å². The molecule has 3 heteroatoms. The highest BCUT2D eigenvalue weighted by Gasteiger charge is 2.14. The van der Waals surface area contributed by atoms with Crippen LogP contribution < -0.4 is 4.74 Å². The zero-order valence-corrected chi connectivity index (χ0v) is 14.4. The number of amides is 1. The maximum Gasteiger partial charge on any atom is 0.260 e. The van der Waals surface area contributed by atoms with Crippen LogP contribution in [0.1, 0.15) is 29.2 Å². The highest BCUT2D eigenvalue weighted by atomic mass is 16.5. The van der Waals surface area contributed by atoms with Crippen LogP contribution in [0.5, 0.6) is 5.75 Å². The van der Waals surface area contributed by atoms with E-state index in [9.17, 15) is 4.79 Å². The molecule has 2 aromatic rings. The van der Waals surface area contributed by atoms with Crippen LogP contribution in [0.4, 0.5) is 0 Å². The van der Waals surface area contributed by atoms with Gasteiger partial charge in [-0.25, -0.2) is 0 Å². The van der Waals surface area contributed by atoms with Crippen LogP contribution in [-0.2, 0) is 11.3 Å². The maximum atomic E-state index is 12.5. The van der Waals surface area contributed by atoms with Crippen molar-refractivity contribution in [3.05, 3.63) is 64.7 Å². The van der Waals surface area contributed by atoms with Crippen LogP contribution in [0, 0.1) is 20.8 Å². The molecule has 0 radical (unpaired) electrons. The number of hydrogen-bond donors (Lipinski definition) is 0. The SMILES string of the molecule is CCN(Cc1ccccc1)C(=O)COc1c(C)ccc(C)c1C. The highest BCUT2D eigenvalue weighted by Crippen LogP contribution is 2.25. The number of aryl methyl sites for hydroxylation is 2. The number of nitrogens with zero attached hydrogens (tertiary/aromatic N) is 1. The Bertz CT molecular complexity index is 665. The smallest absolute Gasteiger partial charge is 0.260 e. The molecule has 122 valence electrons. The summed E-state index contributed by atoms with van der Waals surface area (Å²) in [4.78, 5) is 14.3. The van der Waals surface area contributed by atoms with E-state index >= 15 is 0 Å². The molecule has 2 aromatic carbocycles. The maximum absolute atomic E-state index is 12.5. The molecule has 1 amide bonds. The zero-order chi connectivity index (χ0) is 16.8. The Balaban J connectivity index is 2.02. The lowest BCUT2D eigenvalue weighted by molar-refractivity contribution is -0.133. The lowest BCUT2D eigenvalue weighted by atomic mass is 10.1. The molecule has 0 aromatic heterocycles. The molecule has 0 spiro atoms. The molecule has 0 heterocycles. The first-order chi connectivity index (χ1) is 11.0. The van der Waals surface area contributed by atoms with Gasteiger partial charge in [0.05, 0.1) is 0 Å². The van der Waals surface area contributed by atoms with Gasteiger partial charge in [-0.2, -0.15) is 0 Å². The second kappa shape index (κ2) is 7.82. The molecule has 23 heavy (non-hydrogen) atoms. The van der Waals surface area contributed by atoms with Crippen LogP contribution in [0.15, 0.2) is 42.5 Å². The van der Waals surface area contributed by atoms with E-state index in [1.165, 1.54) is 5.56 Å². The standard InChI is InChI=1S/C20H25NO2/c1-5-21(13-18-9-7-6-8-10-18)19(22)14-23-20-16(3)12-11-15(2)17(20)4/h6-12H,5,13-14H2,1-4H3. The van der Waals surface area contributed by atoms with Gasteiger partial charge in [0.1, 0.15) is 5.75 Å². The summed E-state index contributed by atoms with van der Waals surface area (Å²) in [6, 6.07) is 14.1. The number of carbonyl (C=O) groups excluding carboxylic acids is 1. The number of benzene rings is 2. The van der Waals surface area contributed by atoms with Crippen molar-refractivity contribution in [2.45, 2.75) is 34.2 Å². The Morgan fingerprint density at radius 1 is 1.00 bits per heavy atom. The Kier molecular flexibility index (Phi) is 5.80. The fourth-order valence-corrected chi connectivity index (χ4v) is 2.55. The highest BCUT2D eigenvalue weighted by molar-refractivity contribution is 5.77. The topological polar surface area (TPSA) is 29.5 Å². The average molecular weight is 311 g/mol. The summed E-state index contributed by atoms with van der Waals surface area (Å²) in [5, 5.41) is 0. The van der Waals surface area contributed by atoms with E-state index < -0.39 is 0 Å². The van der Waals surface area contributed by atoms with Crippen LogP contribution in [-0.4, -0.2) is 24.0 Å². The van der Waals surface area contributed by atoms with Crippen molar-refractivity contribution in [2.75, 3.05) is 13.2 Å². The molecule has 0 aliphatic heterocycles. The van der Waals surface area contributed by atoms with Crippen molar-refractivity contribution < 1.29 is 9.53 Å². The molecular weight excluding hydrogens is 286 g/mol. The Hall–Kier alpha value is -2.29. The van der Waals surface area contributed by atoms with Crippen LogP contribution in [0.2, 0.25) is 0 Å². The fourth-order valence-electron chi connectivity index (χ4n) is 2.55. The number of ether oxygens (including phenoxy) is 1. The summed E-state index contributed by atoms with van der Waals surface area (Å²) in [6.07, 6.45) is 0. The largest absolute Gasteiger partial charge is 0.483 e. The molecule has 0 saturated heterocycles. The second-order valence-corrected chi connectivity index (χ2v) is 5.84. The fraction of sp³-hybridized carbons (Fsp3) is 0.350. The van der Waals surface area contributed by atoms with Gasteiger partial charge in [0.15, 0.2) is 6.61 Å². The van der Waals surface area contributed by atoms with Crippen molar-refractivity contribution in [1.29, 1.82) is 0 Å². The van der Waals surface area contributed by atoms with Crippen molar-refractivity contribution in [3.63, 3.8) is 0 Å². The normalized spacial score (nSPS) is 10.4. The first kappa shape index (κ1) is 17.1. The number of carbonyl (C=O) groups is 1. The molecule has 0 atom stereocenters. The van der Waals surface area contributed by atoms with Crippen molar-refractivity contribution >= 4 is 5.91 Å². The molecule has 0 saturated carbocycles. The minimum absolute atomic E-state index is 0.0108. The predicted molar refractivity (Wildman–Crippen MR) is 93.7 cm³/mol. The molecule has 0 unspecified atom stereocenters. The summed E-state index contributed by atoms with van der Waals surface area (Å²) in [6.45, 7) is 9.44. The van der Waals surface area contributed by atoms with E-state index in [2.05, 4.69) is 13.0 Å². The second-order valence-electron chi connectivity index (χ2n) is 5.84. The minimum atomic E-state index is 0.0108. The third kappa shape index (κ3) is 4.35. The van der Waals surface area contributed by atoms with E-state index in [0.717, 1.165) is 22.4 Å². The first-order valence-corrected chi connectivity index (χ1v) is 8.04. The molecule has 0 aliphatic rings. The summed E-state index contributed by atoms with van der Waals surface area (Å²) in [7, 11) is 0. The third-order valence-electron chi connectivity index (χ3n) is 4.16. The third-order valence-corrected chi connectivity index (χ3v) is 4.16. The van der Waals surface area contributed by atoms with Gasteiger partial charge in [-0.05, 0) is 49.9 Å². The van der Waals surface area contributed by atoms with Crippen molar-refractivity contribution in [1.82, 2.24) is 4.90 Å². The Labute approximate surface area is 138 Å². The van der Waals surface area contributed by atoms with Gasteiger partial charge < -0.3 is 9.64 Å². The summed E-state index contributed by atoms with van der Waals surface area (Å²) in [5.74, 6) is 0.839. The van der Waals surface area contributed by atoms with Crippen molar-refractivity contribution in [2.24, 2.45) is 0 Å². The number of rotatable bonds is 6. The predicted octanol–water partition coefficient (Wildman–Crippen LogP) is 4.04. The van der Waals surface area contributed by atoms with Crippen LogP contribution >= 0.6 is 0 Å². The van der Waals surface area contributed by atoms with E-state index in [0.29, 0.717) is 13.1 Å². The number of hydrogen-bond acceptors (Lipinski definition) is 2. The molecule has 0 bridgehead atoms. The van der Waals surface area contributed by atoms with E-state index in [-0.39, 0.29) is 12.5 Å². The molecule has 2 rings (SSSR count). The lowest BCUT2D eigenvalue weighted by Gasteiger charge is -2.22. The van der Waals surface area contributed by atoms with Crippen molar-refractivity contribution in [3.8, 4) is 5.75 Å². The Morgan fingerprint density at radius 3 is 2.30 bits per heavy atom. The lowest BCUT2D eigenvalue weighted by Crippen LogP contribution is -2.34. The first-order valence-electron chi connectivity index (χ1n) is 8.04. The monoisotopic (exact) mass is 311 g/mol. The zero-order valence-electron chi connectivity index (χ0n) is 14.4. The summed E-state index contributed by atoms with van der Waals surface area (Å²) < 4.78 is 5.84. The van der Waals surface area contributed by atoms with Crippen LogP contribution in [0.25, 0.3) is 0 Å². The van der Waals surface area contributed by atoms with Gasteiger partial charge in [0.25, 0.3) is 5.91 Å². The van der Waals surface area contributed by atoms with E-state index in [4.69, 9.17) is 4.74 Å². The van der Waals surface area contributed by atoms with E-state index in [1.54, 1.807) is 0 Å². The van der Waals surface area contributed by atoms with Gasteiger partial charge >= 0.3 is 0 Å².